The molecule has 0 amide bonds. The van der Waals surface area contributed by atoms with Gasteiger partial charge in [0.25, 0.3) is 0 Å². The van der Waals surface area contributed by atoms with Crippen LogP contribution in [0.15, 0.2) is 6.20 Å². The van der Waals surface area contributed by atoms with Crippen molar-refractivity contribution >= 4 is 11.3 Å². The molecule has 3 nitrogen and oxygen atoms in total. The number of nitrogens with zero attached hydrogens (tertiary/aromatic N) is 2. The molecule has 0 aliphatic carbocycles. The van der Waals surface area contributed by atoms with Gasteiger partial charge in [0, 0.05) is 30.2 Å². The second kappa shape index (κ2) is 7.36. The zero-order chi connectivity index (χ0) is 13.7. The van der Waals surface area contributed by atoms with Crippen LogP contribution in [-0.2, 0) is 13.0 Å². The lowest BCUT2D eigenvalue weighted by Crippen LogP contribution is -2.43. The number of thiazole rings is 1. The van der Waals surface area contributed by atoms with E-state index in [0.717, 1.165) is 18.9 Å². The van der Waals surface area contributed by atoms with Crippen LogP contribution in [0.2, 0.25) is 0 Å². The fraction of sp³-hybridized carbons (Fsp3) is 0.800. The summed E-state index contributed by atoms with van der Waals surface area (Å²) >= 11 is 1.85. The second-order valence-electron chi connectivity index (χ2n) is 5.92. The Labute approximate surface area is 121 Å². The molecule has 1 aromatic rings. The lowest BCUT2D eigenvalue weighted by Gasteiger charge is -2.33. The van der Waals surface area contributed by atoms with Crippen molar-refractivity contribution in [1.29, 1.82) is 0 Å². The molecule has 1 aromatic heterocycles. The van der Waals surface area contributed by atoms with Gasteiger partial charge < -0.3 is 10.2 Å². The van der Waals surface area contributed by atoms with Crippen LogP contribution in [0.4, 0.5) is 0 Å². The highest BCUT2D eigenvalue weighted by Crippen LogP contribution is 2.15. The molecule has 1 N–H and O–H groups in total. The van der Waals surface area contributed by atoms with Crippen molar-refractivity contribution in [2.24, 2.45) is 5.92 Å². The fourth-order valence-electron chi connectivity index (χ4n) is 2.66. The maximum absolute atomic E-state index is 4.47. The number of aromatic nitrogens is 1. The third kappa shape index (κ3) is 4.86. The van der Waals surface area contributed by atoms with Gasteiger partial charge in [-0.3, -0.25) is 0 Å². The summed E-state index contributed by atoms with van der Waals surface area (Å²) in [5.41, 5.74) is 0. The first-order valence-corrected chi connectivity index (χ1v) is 8.38. The predicted molar refractivity (Wildman–Crippen MR) is 82.6 cm³/mol. The van der Waals surface area contributed by atoms with Crippen molar-refractivity contribution < 1.29 is 0 Å². The van der Waals surface area contributed by atoms with E-state index in [0.29, 0.717) is 6.04 Å². The van der Waals surface area contributed by atoms with Crippen LogP contribution in [-0.4, -0.2) is 35.6 Å². The van der Waals surface area contributed by atoms with Crippen LogP contribution in [0.3, 0.4) is 0 Å². The van der Waals surface area contributed by atoms with Crippen LogP contribution < -0.4 is 5.32 Å². The number of nitrogens with one attached hydrogen (secondary N) is 1. The second-order valence-corrected chi connectivity index (χ2v) is 7.12. The highest BCUT2D eigenvalue weighted by Gasteiger charge is 2.19. The molecule has 1 aliphatic rings. The third-order valence-corrected chi connectivity index (χ3v) is 4.84. The summed E-state index contributed by atoms with van der Waals surface area (Å²) in [6.45, 7) is 11.5. The van der Waals surface area contributed by atoms with Gasteiger partial charge in [-0.25, -0.2) is 4.98 Å². The Balaban J connectivity index is 1.68. The number of likely N-dealkylation sites (tertiary alicyclic amines) is 1. The standard InChI is InChI=1S/C15H27N3S/c1-4-14-9-17-15(19-14)10-16-13-5-7-18(8-6-13)11-12(2)3/h9,12-13,16H,4-8,10-11H2,1-3H3. The van der Waals surface area contributed by atoms with E-state index in [1.807, 2.05) is 17.5 Å². The summed E-state index contributed by atoms with van der Waals surface area (Å²) in [5.74, 6) is 0.785. The Morgan fingerprint density at radius 2 is 2.16 bits per heavy atom. The maximum atomic E-state index is 4.47. The van der Waals surface area contributed by atoms with Gasteiger partial charge in [0.1, 0.15) is 5.01 Å². The molecule has 0 radical (unpaired) electrons. The molecular weight excluding hydrogens is 254 g/mol. The highest BCUT2D eigenvalue weighted by atomic mass is 32.1. The Morgan fingerprint density at radius 3 is 2.74 bits per heavy atom. The molecule has 0 spiro atoms. The molecule has 1 fully saturated rings. The van der Waals surface area contributed by atoms with E-state index < -0.39 is 0 Å². The van der Waals surface area contributed by atoms with Gasteiger partial charge >= 0.3 is 0 Å². The zero-order valence-electron chi connectivity index (χ0n) is 12.5. The summed E-state index contributed by atoms with van der Waals surface area (Å²) < 4.78 is 0. The Hall–Kier alpha value is -0.450. The highest BCUT2D eigenvalue weighted by molar-refractivity contribution is 7.11. The molecule has 0 atom stereocenters. The molecular formula is C15H27N3S. The molecule has 108 valence electrons. The largest absolute Gasteiger partial charge is 0.308 e. The number of aryl methyl sites for hydroxylation is 1. The van der Waals surface area contributed by atoms with E-state index in [4.69, 9.17) is 0 Å². The topological polar surface area (TPSA) is 28.2 Å². The van der Waals surface area contributed by atoms with Crippen LogP contribution in [0.5, 0.6) is 0 Å². The normalized spacial score (nSPS) is 18.3. The van der Waals surface area contributed by atoms with E-state index in [9.17, 15) is 0 Å². The number of hydrogen-bond donors (Lipinski definition) is 1. The number of rotatable bonds is 6. The predicted octanol–water partition coefficient (Wildman–Crippen LogP) is 2.92. The molecule has 0 aromatic carbocycles. The van der Waals surface area contributed by atoms with E-state index in [-0.39, 0.29) is 0 Å². The molecule has 2 heterocycles. The third-order valence-electron chi connectivity index (χ3n) is 3.70. The van der Waals surface area contributed by atoms with Crippen molar-refractivity contribution in [1.82, 2.24) is 15.2 Å². The van der Waals surface area contributed by atoms with Gasteiger partial charge in [0.05, 0.1) is 0 Å². The first-order valence-electron chi connectivity index (χ1n) is 7.56. The van der Waals surface area contributed by atoms with Gasteiger partial charge in [0.2, 0.25) is 0 Å². The van der Waals surface area contributed by atoms with Crippen molar-refractivity contribution in [3.8, 4) is 0 Å². The van der Waals surface area contributed by atoms with Crippen LogP contribution in [0.1, 0.15) is 43.5 Å². The summed E-state index contributed by atoms with van der Waals surface area (Å²) in [7, 11) is 0. The summed E-state index contributed by atoms with van der Waals surface area (Å²) in [6.07, 6.45) is 5.68. The van der Waals surface area contributed by atoms with Crippen molar-refractivity contribution in [3.63, 3.8) is 0 Å². The minimum Gasteiger partial charge on any atom is -0.308 e. The van der Waals surface area contributed by atoms with Gasteiger partial charge in [-0.05, 0) is 38.3 Å². The zero-order valence-corrected chi connectivity index (χ0v) is 13.3. The first-order chi connectivity index (χ1) is 9.17. The van der Waals surface area contributed by atoms with E-state index in [1.165, 1.54) is 42.4 Å². The SMILES string of the molecule is CCc1cnc(CNC2CCN(CC(C)C)CC2)s1. The molecule has 2 rings (SSSR count). The van der Waals surface area contributed by atoms with Gasteiger partial charge in [-0.1, -0.05) is 20.8 Å². The molecule has 0 saturated carbocycles. The minimum absolute atomic E-state index is 0.678. The average Bonchev–Trinajstić information content (AvgIpc) is 2.85. The first kappa shape index (κ1) is 14.9. The van der Waals surface area contributed by atoms with Gasteiger partial charge in [0.15, 0.2) is 0 Å². The molecule has 1 saturated heterocycles. The van der Waals surface area contributed by atoms with Crippen LogP contribution in [0.25, 0.3) is 0 Å². The Bertz CT molecular complexity index is 367. The van der Waals surface area contributed by atoms with Crippen LogP contribution >= 0.6 is 11.3 Å². The minimum atomic E-state index is 0.678. The summed E-state index contributed by atoms with van der Waals surface area (Å²) in [6, 6.07) is 0.678. The fourth-order valence-corrected chi connectivity index (χ4v) is 3.47. The molecule has 0 unspecified atom stereocenters. The van der Waals surface area contributed by atoms with E-state index >= 15 is 0 Å². The van der Waals surface area contributed by atoms with Crippen molar-refractivity contribution in [3.05, 3.63) is 16.1 Å². The van der Waals surface area contributed by atoms with Gasteiger partial charge in [-0.2, -0.15) is 0 Å². The molecule has 19 heavy (non-hydrogen) atoms. The summed E-state index contributed by atoms with van der Waals surface area (Å²) in [4.78, 5) is 8.46. The molecule has 4 heteroatoms. The lowest BCUT2D eigenvalue weighted by molar-refractivity contribution is 0.179. The molecule has 0 bridgehead atoms. The number of hydrogen-bond acceptors (Lipinski definition) is 4. The van der Waals surface area contributed by atoms with Crippen LogP contribution in [0, 0.1) is 5.92 Å². The monoisotopic (exact) mass is 281 g/mol. The maximum Gasteiger partial charge on any atom is 0.107 e. The Morgan fingerprint density at radius 1 is 1.42 bits per heavy atom. The number of piperidine rings is 1. The average molecular weight is 281 g/mol. The Kier molecular flexibility index (Phi) is 5.79. The molecule has 1 aliphatic heterocycles. The smallest absolute Gasteiger partial charge is 0.107 e. The van der Waals surface area contributed by atoms with Crippen molar-refractivity contribution in [2.45, 2.75) is 52.6 Å². The quantitative estimate of drug-likeness (QED) is 0.869. The lowest BCUT2D eigenvalue weighted by atomic mass is 10.0. The van der Waals surface area contributed by atoms with E-state index in [1.54, 1.807) is 0 Å². The van der Waals surface area contributed by atoms with E-state index in [2.05, 4.69) is 36.0 Å². The summed E-state index contributed by atoms with van der Waals surface area (Å²) in [5, 5.41) is 4.91. The van der Waals surface area contributed by atoms with Crippen molar-refractivity contribution in [2.75, 3.05) is 19.6 Å². The van der Waals surface area contributed by atoms with Gasteiger partial charge in [-0.15, -0.1) is 11.3 Å².